The summed E-state index contributed by atoms with van der Waals surface area (Å²) in [6.45, 7) is 9.04. The molecule has 1 atom stereocenters. The Kier molecular flexibility index (Phi) is 5.77. The van der Waals surface area contributed by atoms with Crippen LogP contribution >= 0.6 is 0 Å². The van der Waals surface area contributed by atoms with Crippen molar-refractivity contribution in [1.82, 2.24) is 10.2 Å². The summed E-state index contributed by atoms with van der Waals surface area (Å²) in [7, 11) is 0. The monoisotopic (exact) mass is 228 g/mol. The van der Waals surface area contributed by atoms with Crippen molar-refractivity contribution in [2.75, 3.05) is 26.2 Å². The van der Waals surface area contributed by atoms with Gasteiger partial charge in [0.15, 0.2) is 0 Å². The van der Waals surface area contributed by atoms with Crippen LogP contribution in [0.2, 0.25) is 0 Å². The standard InChI is InChI=1S/C12H24N2O2/c1-4-13-11(12(15)16-6-3)9-14(5-2)10-7-8-10/h10-11,13H,4-9H2,1-3H3. The summed E-state index contributed by atoms with van der Waals surface area (Å²) in [6.07, 6.45) is 2.55. The van der Waals surface area contributed by atoms with E-state index in [1.54, 1.807) is 0 Å². The Morgan fingerprint density at radius 1 is 1.44 bits per heavy atom. The number of likely N-dealkylation sites (N-methyl/N-ethyl adjacent to an activating group) is 2. The van der Waals surface area contributed by atoms with Gasteiger partial charge in [-0.05, 0) is 32.9 Å². The molecule has 0 radical (unpaired) electrons. The number of hydrogen-bond acceptors (Lipinski definition) is 4. The molecule has 0 heterocycles. The van der Waals surface area contributed by atoms with Gasteiger partial charge in [-0.3, -0.25) is 9.69 Å². The normalized spacial score (nSPS) is 17.5. The lowest BCUT2D eigenvalue weighted by Gasteiger charge is -2.25. The molecule has 1 fully saturated rings. The van der Waals surface area contributed by atoms with Crippen molar-refractivity contribution >= 4 is 5.97 Å². The highest BCUT2D eigenvalue weighted by Gasteiger charge is 2.31. The average Bonchev–Trinajstić information content (AvgIpc) is 3.08. The maximum absolute atomic E-state index is 11.7. The number of ether oxygens (including phenoxy) is 1. The Morgan fingerprint density at radius 3 is 2.56 bits per heavy atom. The molecule has 1 saturated carbocycles. The van der Waals surface area contributed by atoms with E-state index in [-0.39, 0.29) is 12.0 Å². The molecule has 0 aromatic rings. The van der Waals surface area contributed by atoms with Gasteiger partial charge in [0.05, 0.1) is 6.61 Å². The Labute approximate surface area is 98.3 Å². The van der Waals surface area contributed by atoms with Crippen molar-refractivity contribution in [1.29, 1.82) is 0 Å². The molecule has 0 aromatic carbocycles. The van der Waals surface area contributed by atoms with Crippen molar-refractivity contribution in [2.24, 2.45) is 0 Å². The quantitative estimate of drug-likeness (QED) is 0.630. The third-order valence-corrected chi connectivity index (χ3v) is 2.91. The van der Waals surface area contributed by atoms with Gasteiger partial charge in [-0.1, -0.05) is 13.8 Å². The number of esters is 1. The van der Waals surface area contributed by atoms with Gasteiger partial charge in [0.1, 0.15) is 6.04 Å². The zero-order valence-electron chi connectivity index (χ0n) is 10.7. The average molecular weight is 228 g/mol. The lowest BCUT2D eigenvalue weighted by atomic mass is 10.2. The fourth-order valence-electron chi connectivity index (χ4n) is 1.92. The largest absolute Gasteiger partial charge is 0.465 e. The van der Waals surface area contributed by atoms with E-state index in [1.807, 2.05) is 13.8 Å². The summed E-state index contributed by atoms with van der Waals surface area (Å²) in [5.74, 6) is -0.122. The van der Waals surface area contributed by atoms with E-state index >= 15 is 0 Å². The molecule has 1 rings (SSSR count). The zero-order valence-corrected chi connectivity index (χ0v) is 10.7. The minimum Gasteiger partial charge on any atom is -0.465 e. The molecule has 0 aromatic heterocycles. The van der Waals surface area contributed by atoms with Crippen molar-refractivity contribution < 1.29 is 9.53 Å². The highest BCUT2D eigenvalue weighted by atomic mass is 16.5. The fraction of sp³-hybridized carbons (Fsp3) is 0.917. The zero-order chi connectivity index (χ0) is 12.0. The number of carbonyl (C=O) groups is 1. The second kappa shape index (κ2) is 6.86. The highest BCUT2D eigenvalue weighted by molar-refractivity contribution is 5.76. The van der Waals surface area contributed by atoms with Crippen LogP contribution in [0.15, 0.2) is 0 Å². The summed E-state index contributed by atoms with van der Waals surface area (Å²) in [6, 6.07) is 0.520. The summed E-state index contributed by atoms with van der Waals surface area (Å²) in [4.78, 5) is 14.1. The maximum atomic E-state index is 11.7. The van der Waals surface area contributed by atoms with Gasteiger partial charge >= 0.3 is 5.97 Å². The van der Waals surface area contributed by atoms with E-state index in [0.29, 0.717) is 12.6 Å². The van der Waals surface area contributed by atoms with E-state index in [4.69, 9.17) is 4.74 Å². The Morgan fingerprint density at radius 2 is 2.12 bits per heavy atom. The van der Waals surface area contributed by atoms with Gasteiger partial charge in [0.2, 0.25) is 0 Å². The predicted molar refractivity (Wildman–Crippen MR) is 64.4 cm³/mol. The number of nitrogens with one attached hydrogen (secondary N) is 1. The number of rotatable bonds is 8. The van der Waals surface area contributed by atoms with Crippen molar-refractivity contribution in [3.8, 4) is 0 Å². The fourth-order valence-corrected chi connectivity index (χ4v) is 1.92. The molecule has 0 bridgehead atoms. The molecule has 0 saturated heterocycles. The second-order valence-corrected chi connectivity index (χ2v) is 4.18. The minimum atomic E-state index is -0.175. The summed E-state index contributed by atoms with van der Waals surface area (Å²) < 4.78 is 5.07. The van der Waals surface area contributed by atoms with Gasteiger partial charge in [-0.15, -0.1) is 0 Å². The van der Waals surface area contributed by atoms with Crippen LogP contribution in [0.4, 0.5) is 0 Å². The second-order valence-electron chi connectivity index (χ2n) is 4.18. The topological polar surface area (TPSA) is 41.6 Å². The first-order chi connectivity index (χ1) is 7.72. The van der Waals surface area contributed by atoms with Gasteiger partial charge in [-0.2, -0.15) is 0 Å². The molecule has 1 aliphatic carbocycles. The van der Waals surface area contributed by atoms with Crippen LogP contribution in [-0.2, 0) is 9.53 Å². The van der Waals surface area contributed by atoms with E-state index in [0.717, 1.165) is 19.6 Å². The third-order valence-electron chi connectivity index (χ3n) is 2.91. The maximum Gasteiger partial charge on any atom is 0.324 e. The molecule has 16 heavy (non-hydrogen) atoms. The smallest absolute Gasteiger partial charge is 0.324 e. The number of nitrogens with zero attached hydrogens (tertiary/aromatic N) is 1. The van der Waals surface area contributed by atoms with E-state index in [2.05, 4.69) is 17.1 Å². The molecule has 1 N–H and O–H groups in total. The third kappa shape index (κ3) is 4.10. The number of hydrogen-bond donors (Lipinski definition) is 1. The van der Waals surface area contributed by atoms with Crippen molar-refractivity contribution in [3.05, 3.63) is 0 Å². The molecular formula is C12H24N2O2. The molecule has 1 unspecified atom stereocenters. The first-order valence-electron chi connectivity index (χ1n) is 6.36. The van der Waals surface area contributed by atoms with Crippen LogP contribution in [0.1, 0.15) is 33.6 Å². The van der Waals surface area contributed by atoms with E-state index < -0.39 is 0 Å². The minimum absolute atomic E-state index is 0.122. The molecule has 94 valence electrons. The van der Waals surface area contributed by atoms with Crippen molar-refractivity contribution in [3.63, 3.8) is 0 Å². The van der Waals surface area contributed by atoms with E-state index in [1.165, 1.54) is 12.8 Å². The first-order valence-corrected chi connectivity index (χ1v) is 6.36. The molecule has 0 spiro atoms. The van der Waals surface area contributed by atoms with Crippen LogP contribution in [0, 0.1) is 0 Å². The summed E-state index contributed by atoms with van der Waals surface area (Å²) in [5, 5.41) is 3.20. The molecule has 0 amide bonds. The molecular weight excluding hydrogens is 204 g/mol. The van der Waals surface area contributed by atoms with Crippen LogP contribution < -0.4 is 5.32 Å². The van der Waals surface area contributed by atoms with Gasteiger partial charge < -0.3 is 10.1 Å². The van der Waals surface area contributed by atoms with Crippen molar-refractivity contribution in [2.45, 2.75) is 45.7 Å². The first kappa shape index (κ1) is 13.5. The number of carbonyl (C=O) groups excluding carboxylic acids is 1. The Bertz CT molecular complexity index is 217. The summed E-state index contributed by atoms with van der Waals surface area (Å²) >= 11 is 0. The van der Waals surface area contributed by atoms with Crippen LogP contribution in [0.5, 0.6) is 0 Å². The van der Waals surface area contributed by atoms with Gasteiger partial charge in [0, 0.05) is 12.6 Å². The molecule has 0 aliphatic heterocycles. The predicted octanol–water partition coefficient (Wildman–Crippen LogP) is 1.01. The lowest BCUT2D eigenvalue weighted by Crippen LogP contribution is -2.47. The summed E-state index contributed by atoms with van der Waals surface area (Å²) in [5.41, 5.74) is 0. The lowest BCUT2D eigenvalue weighted by molar-refractivity contribution is -0.146. The van der Waals surface area contributed by atoms with E-state index in [9.17, 15) is 4.79 Å². The van der Waals surface area contributed by atoms with Gasteiger partial charge in [0.25, 0.3) is 0 Å². The molecule has 4 heteroatoms. The van der Waals surface area contributed by atoms with Crippen LogP contribution in [0.25, 0.3) is 0 Å². The SMILES string of the molecule is CCNC(CN(CC)C1CC1)C(=O)OCC. The van der Waals surface area contributed by atoms with Crippen LogP contribution in [0.3, 0.4) is 0 Å². The highest BCUT2D eigenvalue weighted by Crippen LogP contribution is 2.26. The Balaban J connectivity index is 2.44. The van der Waals surface area contributed by atoms with Crippen LogP contribution in [-0.4, -0.2) is 49.2 Å². The Hall–Kier alpha value is -0.610. The molecule has 4 nitrogen and oxygen atoms in total. The molecule has 1 aliphatic rings. The van der Waals surface area contributed by atoms with Gasteiger partial charge in [-0.25, -0.2) is 0 Å².